The number of hydrogen-bond acceptors (Lipinski definition) is 2. The Morgan fingerprint density at radius 2 is 2.10 bits per heavy atom. The summed E-state index contributed by atoms with van der Waals surface area (Å²) in [5.41, 5.74) is -0.555. The lowest BCUT2D eigenvalue weighted by molar-refractivity contribution is 0.471. The zero-order chi connectivity index (χ0) is 10.1. The Balaban J connectivity index is 3.33. The molecule has 0 heterocycles. The first kappa shape index (κ1) is 3.76. The standard InChI is InChI=1S/C8H8O2/c1-6-2-4-7(9)8(10)5-3-6/h2-5H,1H3,(H,9,10)/i1D3. The van der Waals surface area contributed by atoms with Crippen LogP contribution in [0.1, 0.15) is 9.68 Å². The molecule has 0 saturated carbocycles. The molecule has 1 N–H and O–H groups in total. The van der Waals surface area contributed by atoms with E-state index in [1.54, 1.807) is 0 Å². The van der Waals surface area contributed by atoms with Gasteiger partial charge in [0.25, 0.3) is 0 Å². The average molecular weight is 139 g/mol. The molecule has 0 fully saturated rings. The maximum Gasteiger partial charge on any atom is 0.220 e. The summed E-state index contributed by atoms with van der Waals surface area (Å²) in [5, 5.41) is 8.97. The summed E-state index contributed by atoms with van der Waals surface area (Å²) in [4.78, 5) is 10.9. The third kappa shape index (κ3) is 1.35. The van der Waals surface area contributed by atoms with Crippen LogP contribution in [0, 0.1) is 6.85 Å². The smallest absolute Gasteiger partial charge is 0.220 e. The van der Waals surface area contributed by atoms with Gasteiger partial charge in [-0.15, -0.1) is 0 Å². The molecule has 0 atom stereocenters. The Morgan fingerprint density at radius 1 is 1.40 bits per heavy atom. The lowest BCUT2D eigenvalue weighted by Crippen LogP contribution is -1.91. The molecule has 52 valence electrons. The van der Waals surface area contributed by atoms with Crippen molar-refractivity contribution in [2.24, 2.45) is 0 Å². The first-order valence-electron chi connectivity index (χ1n) is 4.25. The van der Waals surface area contributed by atoms with Gasteiger partial charge < -0.3 is 5.11 Å². The lowest BCUT2D eigenvalue weighted by Gasteiger charge is -1.76. The van der Waals surface area contributed by atoms with E-state index in [1.165, 1.54) is 12.1 Å². The molecule has 1 aromatic rings. The normalized spacial score (nSPS) is 15.0. The molecule has 1 aromatic carbocycles. The van der Waals surface area contributed by atoms with Crippen LogP contribution in [0.5, 0.6) is 5.75 Å². The van der Waals surface area contributed by atoms with Gasteiger partial charge in [-0.3, -0.25) is 4.79 Å². The summed E-state index contributed by atoms with van der Waals surface area (Å²) >= 11 is 0. The van der Waals surface area contributed by atoms with Crippen molar-refractivity contribution in [3.05, 3.63) is 40.1 Å². The molecule has 0 unspecified atom stereocenters. The van der Waals surface area contributed by atoms with Crippen molar-refractivity contribution in [1.82, 2.24) is 0 Å². The number of aromatic hydroxyl groups is 1. The highest BCUT2D eigenvalue weighted by molar-refractivity contribution is 5.22. The van der Waals surface area contributed by atoms with Crippen LogP contribution in [0.25, 0.3) is 0 Å². The van der Waals surface area contributed by atoms with Gasteiger partial charge in [0.2, 0.25) is 5.43 Å². The SMILES string of the molecule is [2H]C([2H])([2H])c1ccc(O)c(=O)cc1. The largest absolute Gasteiger partial charge is 0.504 e. The summed E-state index contributed by atoms with van der Waals surface area (Å²) in [6, 6.07) is 4.53. The van der Waals surface area contributed by atoms with Gasteiger partial charge in [-0.1, -0.05) is 17.7 Å². The maximum absolute atomic E-state index is 10.9. The van der Waals surface area contributed by atoms with Crippen molar-refractivity contribution >= 4 is 0 Å². The van der Waals surface area contributed by atoms with Crippen LogP contribution in [-0.4, -0.2) is 5.11 Å². The monoisotopic (exact) mass is 139 g/mol. The molecule has 0 aliphatic carbocycles. The van der Waals surface area contributed by atoms with E-state index in [1.807, 2.05) is 0 Å². The van der Waals surface area contributed by atoms with E-state index in [2.05, 4.69) is 0 Å². The molecule has 0 aromatic heterocycles. The zero-order valence-corrected chi connectivity index (χ0v) is 5.16. The lowest BCUT2D eigenvalue weighted by atomic mass is 10.3. The number of rotatable bonds is 0. The topological polar surface area (TPSA) is 37.3 Å². The Bertz CT molecular complexity index is 371. The third-order valence-corrected chi connectivity index (χ3v) is 1.09. The second-order valence-corrected chi connectivity index (χ2v) is 1.87. The van der Waals surface area contributed by atoms with Gasteiger partial charge in [-0.25, -0.2) is 0 Å². The van der Waals surface area contributed by atoms with Gasteiger partial charge >= 0.3 is 0 Å². The Labute approximate surface area is 63.0 Å². The van der Waals surface area contributed by atoms with Crippen LogP contribution in [0.15, 0.2) is 29.1 Å². The predicted octanol–water partition coefficient (Wildman–Crippen LogP) is 1.06. The van der Waals surface area contributed by atoms with Crippen LogP contribution in [-0.2, 0) is 0 Å². The molecule has 0 bridgehead atoms. The fourth-order valence-corrected chi connectivity index (χ4v) is 0.557. The van der Waals surface area contributed by atoms with Gasteiger partial charge in [-0.2, -0.15) is 0 Å². The minimum Gasteiger partial charge on any atom is -0.504 e. The molecular formula is C8H8O2. The van der Waals surface area contributed by atoms with Crippen molar-refractivity contribution < 1.29 is 9.22 Å². The van der Waals surface area contributed by atoms with Gasteiger partial charge in [0.15, 0.2) is 5.75 Å². The highest BCUT2D eigenvalue weighted by atomic mass is 16.3. The number of hydrogen-bond donors (Lipinski definition) is 1. The van der Waals surface area contributed by atoms with Gasteiger partial charge in [0.1, 0.15) is 0 Å². The number of aryl methyl sites for hydroxylation is 1. The van der Waals surface area contributed by atoms with Gasteiger partial charge in [-0.05, 0) is 19.0 Å². The van der Waals surface area contributed by atoms with E-state index in [-0.39, 0.29) is 5.56 Å². The van der Waals surface area contributed by atoms with E-state index in [0.29, 0.717) is 0 Å². The predicted molar refractivity (Wildman–Crippen MR) is 39.1 cm³/mol. The van der Waals surface area contributed by atoms with Crippen molar-refractivity contribution in [3.8, 4) is 5.75 Å². The fraction of sp³-hybridized carbons (Fsp3) is 0.125. The summed E-state index contributed by atoms with van der Waals surface area (Å²) in [5.74, 6) is -0.449. The van der Waals surface area contributed by atoms with E-state index in [9.17, 15) is 4.79 Å². The summed E-state index contributed by atoms with van der Waals surface area (Å²) in [6.07, 6.45) is 0. The molecule has 0 radical (unpaired) electrons. The van der Waals surface area contributed by atoms with Crippen LogP contribution >= 0.6 is 0 Å². The van der Waals surface area contributed by atoms with Crippen molar-refractivity contribution in [2.75, 3.05) is 0 Å². The summed E-state index contributed by atoms with van der Waals surface area (Å²) in [6.45, 7) is -2.25. The van der Waals surface area contributed by atoms with Gasteiger partial charge in [0.05, 0.1) is 0 Å². The Morgan fingerprint density at radius 3 is 2.80 bits per heavy atom. The first-order chi connectivity index (χ1) is 5.91. The Hall–Kier alpha value is -1.31. The molecule has 0 saturated heterocycles. The second kappa shape index (κ2) is 2.52. The maximum atomic E-state index is 10.9. The zero-order valence-electron chi connectivity index (χ0n) is 8.16. The summed E-state index contributed by atoms with van der Waals surface area (Å²) in [7, 11) is 0. The van der Waals surface area contributed by atoms with E-state index in [0.717, 1.165) is 12.1 Å². The third-order valence-electron chi connectivity index (χ3n) is 1.09. The first-order valence-corrected chi connectivity index (χ1v) is 2.75. The van der Waals surface area contributed by atoms with Crippen LogP contribution < -0.4 is 5.43 Å². The average Bonchev–Trinajstić information content (AvgIpc) is 2.14. The highest BCUT2D eigenvalue weighted by Gasteiger charge is 1.89. The molecule has 10 heavy (non-hydrogen) atoms. The fourth-order valence-electron chi connectivity index (χ4n) is 0.557. The van der Waals surface area contributed by atoms with Crippen molar-refractivity contribution in [1.29, 1.82) is 0 Å². The quantitative estimate of drug-likeness (QED) is 0.583. The van der Waals surface area contributed by atoms with Crippen LogP contribution in [0.3, 0.4) is 0 Å². The molecule has 1 rings (SSSR count). The van der Waals surface area contributed by atoms with Crippen LogP contribution in [0.2, 0.25) is 0 Å². The highest BCUT2D eigenvalue weighted by Crippen LogP contribution is 1.99. The molecule has 2 heteroatoms. The van der Waals surface area contributed by atoms with E-state index in [4.69, 9.17) is 9.22 Å². The summed E-state index contributed by atoms with van der Waals surface area (Å²) < 4.78 is 21.1. The minimum absolute atomic E-state index is 0.0323. The molecule has 0 aliphatic heterocycles. The van der Waals surface area contributed by atoms with E-state index < -0.39 is 18.0 Å². The van der Waals surface area contributed by atoms with Crippen molar-refractivity contribution in [2.45, 2.75) is 6.85 Å². The minimum atomic E-state index is -2.25. The van der Waals surface area contributed by atoms with Gasteiger partial charge in [0, 0.05) is 4.11 Å². The second-order valence-electron chi connectivity index (χ2n) is 1.87. The molecule has 2 nitrogen and oxygen atoms in total. The molecule has 0 amide bonds. The van der Waals surface area contributed by atoms with Crippen LogP contribution in [0.4, 0.5) is 0 Å². The molecule has 0 aliphatic rings. The van der Waals surface area contributed by atoms with Crippen molar-refractivity contribution in [3.63, 3.8) is 0 Å². The van der Waals surface area contributed by atoms with E-state index >= 15 is 0 Å². The molecule has 0 spiro atoms. The molecular weight excluding hydrogens is 128 g/mol. The Kier molecular flexibility index (Phi) is 0.947.